The van der Waals surface area contributed by atoms with Crippen LogP contribution < -0.4 is 5.11 Å². The molecule has 2 aliphatic rings. The molecule has 0 amide bonds. The first-order chi connectivity index (χ1) is 11.3. The SMILES string of the molecule is CC1=CC(=CC2=C([O-])/C(=C/c3cc(C)[s+]c(C)c3)C2=O)C=C(C)S1. The Kier molecular flexibility index (Phi) is 4.61. The fourth-order valence-electron chi connectivity index (χ4n) is 2.84. The quantitative estimate of drug-likeness (QED) is 0.570. The summed E-state index contributed by atoms with van der Waals surface area (Å²) >= 11 is 3.39. The number of Topliss-reactive ketones (excluding diaryl/α,β-unsaturated/α-hetero) is 1. The minimum Gasteiger partial charge on any atom is -0.871 e. The molecule has 0 radical (unpaired) electrons. The second-order valence-electron chi connectivity index (χ2n) is 6.00. The Morgan fingerprint density at radius 1 is 1.00 bits per heavy atom. The summed E-state index contributed by atoms with van der Waals surface area (Å²) in [6, 6.07) is 4.00. The Bertz CT molecular complexity index is 856. The van der Waals surface area contributed by atoms with E-state index in [1.807, 2.05) is 52.0 Å². The molecule has 2 heterocycles. The van der Waals surface area contributed by atoms with E-state index < -0.39 is 0 Å². The number of hydrogen-bond donors (Lipinski definition) is 0. The lowest BCUT2D eigenvalue weighted by molar-refractivity contribution is -0.300. The molecule has 1 aliphatic carbocycles. The van der Waals surface area contributed by atoms with Crippen LogP contribution in [0, 0.1) is 13.8 Å². The standard InChI is InChI=1S/C20H18O2S2/c1-11-5-15(6-12(2)23-11)9-17-19(21)18(20(17)22)10-16-7-13(3)24-14(4)8-16/h5-10H,1-4H3. The van der Waals surface area contributed by atoms with Crippen molar-refractivity contribution in [2.24, 2.45) is 0 Å². The monoisotopic (exact) mass is 354 g/mol. The van der Waals surface area contributed by atoms with E-state index in [0.29, 0.717) is 0 Å². The average Bonchev–Trinajstić information content (AvgIpc) is 2.48. The van der Waals surface area contributed by atoms with Gasteiger partial charge >= 0.3 is 0 Å². The van der Waals surface area contributed by atoms with Crippen molar-refractivity contribution in [3.05, 3.63) is 78.0 Å². The van der Waals surface area contributed by atoms with Gasteiger partial charge in [-0.2, -0.15) is 0 Å². The second kappa shape index (κ2) is 6.54. The molecule has 0 saturated carbocycles. The number of carbonyl (C=O) groups excluding carboxylic acids is 1. The minimum absolute atomic E-state index is 0.161. The van der Waals surface area contributed by atoms with Crippen molar-refractivity contribution in [2.45, 2.75) is 27.7 Å². The van der Waals surface area contributed by atoms with Gasteiger partial charge in [-0.25, -0.2) is 0 Å². The van der Waals surface area contributed by atoms with Crippen LogP contribution in [0.1, 0.15) is 29.2 Å². The van der Waals surface area contributed by atoms with Crippen molar-refractivity contribution >= 4 is 35.0 Å². The highest BCUT2D eigenvalue weighted by molar-refractivity contribution is 8.06. The van der Waals surface area contributed by atoms with Crippen LogP contribution in [0.2, 0.25) is 0 Å². The molecule has 0 saturated heterocycles. The molecule has 0 spiro atoms. The predicted molar refractivity (Wildman–Crippen MR) is 101 cm³/mol. The maximum atomic E-state index is 12.4. The molecule has 0 bridgehead atoms. The zero-order valence-electron chi connectivity index (χ0n) is 14.1. The number of hydrogen-bond acceptors (Lipinski definition) is 3. The summed E-state index contributed by atoms with van der Waals surface area (Å²) in [7, 11) is 0. The first-order valence-corrected chi connectivity index (χ1v) is 9.32. The normalized spacial score (nSPS) is 19.2. The molecule has 0 unspecified atom stereocenters. The Morgan fingerprint density at radius 3 is 2.12 bits per heavy atom. The highest BCUT2D eigenvalue weighted by Gasteiger charge is 2.26. The highest BCUT2D eigenvalue weighted by atomic mass is 32.2. The summed E-state index contributed by atoms with van der Waals surface area (Å²) in [5, 5.41) is 12.4. The van der Waals surface area contributed by atoms with E-state index in [9.17, 15) is 9.90 Å². The summed E-state index contributed by atoms with van der Waals surface area (Å²) in [6.07, 6.45) is 7.41. The molecule has 0 aromatic carbocycles. The van der Waals surface area contributed by atoms with Gasteiger partial charge in [0.25, 0.3) is 0 Å². The summed E-state index contributed by atoms with van der Waals surface area (Å²) in [5.74, 6) is -0.323. The van der Waals surface area contributed by atoms with Crippen molar-refractivity contribution in [3.8, 4) is 0 Å². The van der Waals surface area contributed by atoms with E-state index in [4.69, 9.17) is 0 Å². The fourth-order valence-corrected chi connectivity index (χ4v) is 4.64. The van der Waals surface area contributed by atoms with Gasteiger partial charge in [-0.05, 0) is 59.1 Å². The third kappa shape index (κ3) is 3.45. The molecule has 3 rings (SSSR count). The fraction of sp³-hybridized carbons (Fsp3) is 0.200. The van der Waals surface area contributed by atoms with E-state index in [0.717, 1.165) is 30.7 Å². The van der Waals surface area contributed by atoms with E-state index in [-0.39, 0.29) is 22.7 Å². The summed E-state index contributed by atoms with van der Waals surface area (Å²) in [4.78, 5) is 17.0. The van der Waals surface area contributed by atoms with Crippen LogP contribution in [0.25, 0.3) is 6.08 Å². The molecule has 24 heavy (non-hydrogen) atoms. The van der Waals surface area contributed by atoms with Gasteiger partial charge in [0.2, 0.25) is 21.1 Å². The van der Waals surface area contributed by atoms with Gasteiger partial charge in [-0.1, -0.05) is 17.5 Å². The molecule has 122 valence electrons. The van der Waals surface area contributed by atoms with Gasteiger partial charge < -0.3 is 5.11 Å². The Labute approximate surface area is 150 Å². The largest absolute Gasteiger partial charge is 0.871 e. The zero-order chi connectivity index (χ0) is 17.4. The summed E-state index contributed by atoms with van der Waals surface area (Å²) in [5.41, 5.74) is 2.38. The van der Waals surface area contributed by atoms with Crippen LogP contribution in [0.3, 0.4) is 0 Å². The van der Waals surface area contributed by atoms with Crippen LogP contribution >= 0.6 is 23.1 Å². The molecule has 1 aliphatic heterocycles. The lowest BCUT2D eigenvalue weighted by Crippen LogP contribution is -2.29. The number of rotatable bonds is 2. The summed E-state index contributed by atoms with van der Waals surface area (Å²) in [6.45, 7) is 8.10. The number of carbonyl (C=O) groups is 1. The van der Waals surface area contributed by atoms with Crippen molar-refractivity contribution in [3.63, 3.8) is 0 Å². The van der Waals surface area contributed by atoms with Crippen molar-refractivity contribution < 1.29 is 9.90 Å². The average molecular weight is 354 g/mol. The smallest absolute Gasteiger partial charge is 0.217 e. The Balaban J connectivity index is 1.94. The molecule has 4 heteroatoms. The third-order valence-corrected chi connectivity index (χ3v) is 5.48. The topological polar surface area (TPSA) is 40.1 Å². The van der Waals surface area contributed by atoms with Crippen LogP contribution in [-0.2, 0) is 4.79 Å². The van der Waals surface area contributed by atoms with Gasteiger partial charge in [-0.3, -0.25) is 4.79 Å². The predicted octanol–water partition coefficient (Wildman–Crippen LogP) is 4.71. The van der Waals surface area contributed by atoms with Crippen LogP contribution in [0.4, 0.5) is 0 Å². The number of aryl methyl sites for hydroxylation is 2. The minimum atomic E-state index is -0.161. The van der Waals surface area contributed by atoms with Gasteiger partial charge in [0.05, 0.1) is 0 Å². The molecule has 0 atom stereocenters. The van der Waals surface area contributed by atoms with Gasteiger partial charge in [0.1, 0.15) is 0 Å². The Morgan fingerprint density at radius 2 is 1.58 bits per heavy atom. The molecular formula is C20H18O2S2. The van der Waals surface area contributed by atoms with E-state index in [2.05, 4.69) is 0 Å². The van der Waals surface area contributed by atoms with Gasteiger partial charge in [0.15, 0.2) is 5.78 Å². The maximum Gasteiger partial charge on any atom is 0.217 e. The van der Waals surface area contributed by atoms with Crippen LogP contribution in [0.15, 0.2) is 62.6 Å². The van der Waals surface area contributed by atoms with Crippen molar-refractivity contribution in [1.82, 2.24) is 0 Å². The number of thioether (sulfide) groups is 1. The second-order valence-corrected chi connectivity index (χ2v) is 8.98. The third-order valence-electron chi connectivity index (χ3n) is 3.72. The maximum absolute atomic E-state index is 12.4. The van der Waals surface area contributed by atoms with Crippen LogP contribution in [0.5, 0.6) is 0 Å². The number of allylic oxidation sites excluding steroid dienone is 8. The molecule has 2 nitrogen and oxygen atoms in total. The molecular weight excluding hydrogens is 336 g/mol. The van der Waals surface area contributed by atoms with E-state index >= 15 is 0 Å². The van der Waals surface area contributed by atoms with E-state index in [1.165, 1.54) is 0 Å². The number of ketones is 1. The summed E-state index contributed by atoms with van der Waals surface area (Å²) < 4.78 is 0. The van der Waals surface area contributed by atoms with E-state index in [1.54, 1.807) is 35.3 Å². The highest BCUT2D eigenvalue weighted by Crippen LogP contribution is 2.35. The van der Waals surface area contributed by atoms with Gasteiger partial charge in [-0.15, -0.1) is 0 Å². The molecule has 1 aromatic rings. The Hall–Kier alpha value is -1.91. The van der Waals surface area contributed by atoms with Gasteiger partial charge in [0, 0.05) is 37.1 Å². The van der Waals surface area contributed by atoms with Crippen molar-refractivity contribution in [2.75, 3.05) is 0 Å². The lowest BCUT2D eigenvalue weighted by atomic mass is 9.85. The first kappa shape index (κ1) is 16.9. The molecule has 0 N–H and O–H groups in total. The first-order valence-electron chi connectivity index (χ1n) is 7.69. The lowest BCUT2D eigenvalue weighted by Gasteiger charge is -2.29. The van der Waals surface area contributed by atoms with Crippen molar-refractivity contribution in [1.29, 1.82) is 0 Å². The molecule has 1 aromatic heterocycles. The molecule has 0 fully saturated rings. The zero-order valence-corrected chi connectivity index (χ0v) is 15.7. The van der Waals surface area contributed by atoms with Crippen LogP contribution in [-0.4, -0.2) is 5.78 Å².